The lowest BCUT2D eigenvalue weighted by Gasteiger charge is -2.07. The van der Waals surface area contributed by atoms with Gasteiger partial charge in [0.2, 0.25) is 5.91 Å². The molecule has 0 fully saturated rings. The lowest BCUT2D eigenvalue weighted by atomic mass is 10.1. The van der Waals surface area contributed by atoms with Crippen LogP contribution in [0.2, 0.25) is 0 Å². The molecule has 0 aliphatic carbocycles. The molecule has 0 aliphatic heterocycles. The van der Waals surface area contributed by atoms with Gasteiger partial charge in [-0.25, -0.2) is 0 Å². The highest BCUT2D eigenvalue weighted by Gasteiger charge is 2.14. The van der Waals surface area contributed by atoms with Crippen LogP contribution in [-0.2, 0) is 4.79 Å². The lowest BCUT2D eigenvalue weighted by molar-refractivity contribution is -0.383. The Hall–Kier alpha value is -2.70. The number of rotatable bonds is 4. The van der Waals surface area contributed by atoms with Gasteiger partial charge in [0.1, 0.15) is 0 Å². The van der Waals surface area contributed by atoms with Gasteiger partial charge >= 0.3 is 0 Å². The average molecular weight is 246 g/mol. The third-order valence-electron chi connectivity index (χ3n) is 2.44. The number of amides is 1. The SMILES string of the molecule is NC(=O)CNc1ccc([N+](=O)[O-])c2ccncc12. The van der Waals surface area contributed by atoms with E-state index in [0.29, 0.717) is 16.5 Å². The summed E-state index contributed by atoms with van der Waals surface area (Å²) in [4.78, 5) is 25.1. The first-order chi connectivity index (χ1) is 8.59. The molecule has 2 rings (SSSR count). The van der Waals surface area contributed by atoms with Crippen molar-refractivity contribution in [2.24, 2.45) is 5.73 Å². The van der Waals surface area contributed by atoms with Gasteiger partial charge < -0.3 is 11.1 Å². The first kappa shape index (κ1) is 11.8. The molecule has 1 aromatic heterocycles. The van der Waals surface area contributed by atoms with E-state index in [2.05, 4.69) is 10.3 Å². The fourth-order valence-corrected chi connectivity index (χ4v) is 1.67. The zero-order chi connectivity index (χ0) is 13.1. The Balaban J connectivity index is 2.53. The number of aromatic nitrogens is 1. The van der Waals surface area contributed by atoms with Crippen LogP contribution >= 0.6 is 0 Å². The number of anilines is 1. The molecule has 0 atom stereocenters. The maximum Gasteiger partial charge on any atom is 0.277 e. The summed E-state index contributed by atoms with van der Waals surface area (Å²) >= 11 is 0. The molecule has 1 aromatic carbocycles. The molecule has 18 heavy (non-hydrogen) atoms. The Bertz CT molecular complexity index is 627. The zero-order valence-electron chi connectivity index (χ0n) is 9.29. The van der Waals surface area contributed by atoms with Gasteiger partial charge in [0.05, 0.1) is 16.9 Å². The van der Waals surface area contributed by atoms with E-state index in [4.69, 9.17) is 5.73 Å². The number of nitrogens with zero attached hydrogens (tertiary/aromatic N) is 2. The number of nitro groups is 1. The molecule has 7 nitrogen and oxygen atoms in total. The van der Waals surface area contributed by atoms with Crippen LogP contribution in [0.3, 0.4) is 0 Å². The van der Waals surface area contributed by atoms with Gasteiger partial charge in [-0.2, -0.15) is 0 Å². The van der Waals surface area contributed by atoms with Crippen LogP contribution in [0, 0.1) is 10.1 Å². The number of nitro benzene ring substituents is 1. The van der Waals surface area contributed by atoms with Gasteiger partial charge in [-0.3, -0.25) is 19.9 Å². The summed E-state index contributed by atoms with van der Waals surface area (Å²) in [5.41, 5.74) is 5.62. The normalized spacial score (nSPS) is 10.2. The summed E-state index contributed by atoms with van der Waals surface area (Å²) in [5.74, 6) is -0.509. The topological polar surface area (TPSA) is 111 Å². The first-order valence-corrected chi connectivity index (χ1v) is 5.13. The minimum Gasteiger partial charge on any atom is -0.376 e. The Morgan fingerprint density at radius 3 is 2.83 bits per heavy atom. The van der Waals surface area contributed by atoms with E-state index in [1.165, 1.54) is 24.5 Å². The standard InChI is InChI=1S/C11H10N4O3/c12-11(16)6-14-9-1-2-10(15(17)18)7-3-4-13-5-8(7)9/h1-5,14H,6H2,(H2,12,16). The van der Waals surface area contributed by atoms with E-state index in [9.17, 15) is 14.9 Å². The number of benzene rings is 1. The van der Waals surface area contributed by atoms with Crippen molar-refractivity contribution in [1.29, 1.82) is 0 Å². The molecule has 0 aliphatic rings. The van der Waals surface area contributed by atoms with Crippen molar-refractivity contribution in [2.75, 3.05) is 11.9 Å². The highest BCUT2D eigenvalue weighted by Crippen LogP contribution is 2.30. The van der Waals surface area contributed by atoms with Crippen LogP contribution in [0.15, 0.2) is 30.6 Å². The van der Waals surface area contributed by atoms with Crippen LogP contribution in [0.4, 0.5) is 11.4 Å². The van der Waals surface area contributed by atoms with Crippen LogP contribution in [0.1, 0.15) is 0 Å². The number of primary amides is 1. The number of non-ortho nitro benzene ring substituents is 1. The number of carbonyl (C=O) groups is 1. The first-order valence-electron chi connectivity index (χ1n) is 5.13. The van der Waals surface area contributed by atoms with E-state index in [1.54, 1.807) is 6.07 Å². The molecule has 2 aromatic rings. The van der Waals surface area contributed by atoms with E-state index < -0.39 is 10.8 Å². The van der Waals surface area contributed by atoms with E-state index >= 15 is 0 Å². The number of hydrogen-bond donors (Lipinski definition) is 2. The fourth-order valence-electron chi connectivity index (χ4n) is 1.67. The van der Waals surface area contributed by atoms with Gasteiger partial charge in [0.25, 0.3) is 5.69 Å². The molecule has 0 spiro atoms. The van der Waals surface area contributed by atoms with Crippen molar-refractivity contribution >= 4 is 28.1 Å². The number of hydrogen-bond acceptors (Lipinski definition) is 5. The van der Waals surface area contributed by atoms with E-state index in [1.807, 2.05) is 0 Å². The maximum atomic E-state index is 10.9. The van der Waals surface area contributed by atoms with E-state index in [0.717, 1.165) is 0 Å². The van der Waals surface area contributed by atoms with Crippen molar-refractivity contribution in [3.63, 3.8) is 0 Å². The smallest absolute Gasteiger partial charge is 0.277 e. The van der Waals surface area contributed by atoms with Crippen molar-refractivity contribution < 1.29 is 9.72 Å². The summed E-state index contributed by atoms with van der Waals surface area (Å²) in [7, 11) is 0. The highest BCUT2D eigenvalue weighted by molar-refractivity contribution is 5.99. The molecular formula is C11H10N4O3. The van der Waals surface area contributed by atoms with Crippen LogP contribution in [-0.4, -0.2) is 22.4 Å². The average Bonchev–Trinajstić information content (AvgIpc) is 2.35. The molecule has 3 N–H and O–H groups in total. The van der Waals surface area contributed by atoms with Crippen LogP contribution < -0.4 is 11.1 Å². The zero-order valence-corrected chi connectivity index (χ0v) is 9.29. The number of pyridine rings is 1. The summed E-state index contributed by atoms with van der Waals surface area (Å²) in [6, 6.07) is 4.47. The van der Waals surface area contributed by atoms with Crippen molar-refractivity contribution in [1.82, 2.24) is 4.98 Å². The predicted octanol–water partition coefficient (Wildman–Crippen LogP) is 1.04. The third-order valence-corrected chi connectivity index (χ3v) is 2.44. The Labute approximate surface area is 102 Å². The molecule has 0 saturated carbocycles. The van der Waals surface area contributed by atoms with Crippen molar-refractivity contribution in [3.8, 4) is 0 Å². The summed E-state index contributed by atoms with van der Waals surface area (Å²) < 4.78 is 0. The highest BCUT2D eigenvalue weighted by atomic mass is 16.6. The van der Waals surface area contributed by atoms with Gasteiger partial charge in [0, 0.05) is 29.5 Å². The Morgan fingerprint density at radius 2 is 2.17 bits per heavy atom. The number of nitrogens with one attached hydrogen (secondary N) is 1. The van der Waals surface area contributed by atoms with Crippen LogP contribution in [0.5, 0.6) is 0 Å². The van der Waals surface area contributed by atoms with Crippen molar-refractivity contribution in [3.05, 3.63) is 40.7 Å². The maximum absolute atomic E-state index is 10.9. The van der Waals surface area contributed by atoms with E-state index in [-0.39, 0.29) is 12.2 Å². The molecule has 0 radical (unpaired) electrons. The summed E-state index contributed by atoms with van der Waals surface area (Å²) in [6.07, 6.45) is 2.98. The van der Waals surface area contributed by atoms with Crippen LogP contribution in [0.25, 0.3) is 10.8 Å². The molecule has 0 saturated heterocycles. The molecule has 7 heteroatoms. The largest absolute Gasteiger partial charge is 0.376 e. The van der Waals surface area contributed by atoms with Gasteiger partial charge in [-0.05, 0) is 12.1 Å². The molecular weight excluding hydrogens is 236 g/mol. The second-order valence-electron chi connectivity index (χ2n) is 3.63. The van der Waals surface area contributed by atoms with Gasteiger partial charge in [-0.1, -0.05) is 0 Å². The quantitative estimate of drug-likeness (QED) is 0.618. The van der Waals surface area contributed by atoms with Gasteiger partial charge in [0.15, 0.2) is 0 Å². The molecule has 1 heterocycles. The fraction of sp³-hybridized carbons (Fsp3) is 0.0909. The minimum atomic E-state index is -0.509. The lowest BCUT2D eigenvalue weighted by Crippen LogP contribution is -2.21. The summed E-state index contributed by atoms with van der Waals surface area (Å²) in [6.45, 7) is -0.0399. The monoisotopic (exact) mass is 246 g/mol. The predicted molar refractivity (Wildman–Crippen MR) is 66.1 cm³/mol. The Kier molecular flexibility index (Phi) is 3.05. The molecule has 92 valence electrons. The summed E-state index contributed by atoms with van der Waals surface area (Å²) in [5, 5.41) is 14.7. The van der Waals surface area contributed by atoms with Gasteiger partial charge in [-0.15, -0.1) is 0 Å². The molecule has 0 unspecified atom stereocenters. The third kappa shape index (κ3) is 2.19. The van der Waals surface area contributed by atoms with Crippen molar-refractivity contribution in [2.45, 2.75) is 0 Å². The number of nitrogens with two attached hydrogens (primary N) is 1. The number of carbonyl (C=O) groups excluding carboxylic acids is 1. The molecule has 1 amide bonds. The minimum absolute atomic E-state index is 0.00275. The second-order valence-corrected chi connectivity index (χ2v) is 3.63. The Morgan fingerprint density at radius 1 is 1.39 bits per heavy atom. The number of fused-ring (bicyclic) bond motifs is 1. The molecule has 0 bridgehead atoms. The second kappa shape index (κ2) is 4.66.